The van der Waals surface area contributed by atoms with Crippen LogP contribution in [0, 0.1) is 17.5 Å². The van der Waals surface area contributed by atoms with Crippen LogP contribution < -0.4 is 5.32 Å². The topological polar surface area (TPSA) is 24.5 Å². The van der Waals surface area contributed by atoms with Gasteiger partial charge in [-0.2, -0.15) is 0 Å². The number of benzene rings is 1. The van der Waals surface area contributed by atoms with Crippen LogP contribution in [0.2, 0.25) is 0 Å². The first-order chi connectivity index (χ1) is 9.58. The summed E-state index contributed by atoms with van der Waals surface area (Å²) in [5.74, 6) is -2.94. The molecule has 2 unspecified atom stereocenters. The molecule has 1 fully saturated rings. The minimum Gasteiger partial charge on any atom is -0.374 e. The van der Waals surface area contributed by atoms with Gasteiger partial charge >= 0.3 is 0 Å². The SMILES string of the molecule is CCN1CCOC(CNC)C1c1cc(F)c(F)cc1F. The highest BCUT2D eigenvalue weighted by Crippen LogP contribution is 2.32. The van der Waals surface area contributed by atoms with Crippen molar-refractivity contribution in [3.05, 3.63) is 35.1 Å². The molecule has 112 valence electrons. The third kappa shape index (κ3) is 2.97. The summed E-state index contributed by atoms with van der Waals surface area (Å²) in [7, 11) is 1.77. The van der Waals surface area contributed by atoms with Gasteiger partial charge in [0.05, 0.1) is 18.8 Å². The number of hydrogen-bond acceptors (Lipinski definition) is 3. The Morgan fingerprint density at radius 2 is 1.95 bits per heavy atom. The Bertz CT molecular complexity index is 468. The quantitative estimate of drug-likeness (QED) is 0.859. The summed E-state index contributed by atoms with van der Waals surface area (Å²) < 4.78 is 46.2. The minimum atomic E-state index is -1.17. The van der Waals surface area contributed by atoms with Crippen molar-refractivity contribution in [2.75, 3.05) is 33.3 Å². The van der Waals surface area contributed by atoms with Gasteiger partial charge in [-0.25, -0.2) is 13.2 Å². The molecule has 6 heteroatoms. The number of rotatable bonds is 4. The van der Waals surface area contributed by atoms with Crippen molar-refractivity contribution >= 4 is 0 Å². The van der Waals surface area contributed by atoms with Crippen LogP contribution in [-0.2, 0) is 4.74 Å². The van der Waals surface area contributed by atoms with E-state index in [1.54, 1.807) is 7.05 Å². The second kappa shape index (κ2) is 6.56. The predicted molar refractivity (Wildman–Crippen MR) is 70.0 cm³/mol. The van der Waals surface area contributed by atoms with E-state index in [2.05, 4.69) is 5.32 Å². The fourth-order valence-electron chi connectivity index (χ4n) is 2.67. The van der Waals surface area contributed by atoms with Crippen LogP contribution in [-0.4, -0.2) is 44.3 Å². The monoisotopic (exact) mass is 288 g/mol. The second-order valence-electron chi connectivity index (χ2n) is 4.83. The molecule has 1 aromatic rings. The number of ether oxygens (including phenoxy) is 1. The molecule has 0 aliphatic carbocycles. The molecule has 20 heavy (non-hydrogen) atoms. The Morgan fingerprint density at radius 1 is 1.25 bits per heavy atom. The van der Waals surface area contributed by atoms with Gasteiger partial charge < -0.3 is 10.1 Å². The molecular weight excluding hydrogens is 269 g/mol. The summed E-state index contributed by atoms with van der Waals surface area (Å²) >= 11 is 0. The highest BCUT2D eigenvalue weighted by molar-refractivity contribution is 5.25. The molecule has 1 aromatic carbocycles. The summed E-state index contributed by atoms with van der Waals surface area (Å²) in [5.41, 5.74) is 0.144. The first-order valence-electron chi connectivity index (χ1n) is 6.73. The molecule has 2 rings (SSSR count). The Hall–Kier alpha value is -1.11. The zero-order valence-electron chi connectivity index (χ0n) is 11.6. The first-order valence-corrected chi connectivity index (χ1v) is 6.73. The lowest BCUT2D eigenvalue weighted by atomic mass is 9.97. The summed E-state index contributed by atoms with van der Waals surface area (Å²) in [6.45, 7) is 4.33. The van der Waals surface area contributed by atoms with Gasteiger partial charge in [-0.05, 0) is 19.7 Å². The van der Waals surface area contributed by atoms with Crippen LogP contribution in [0.15, 0.2) is 12.1 Å². The van der Waals surface area contributed by atoms with Crippen LogP contribution in [0.5, 0.6) is 0 Å². The van der Waals surface area contributed by atoms with Gasteiger partial charge in [-0.1, -0.05) is 6.92 Å². The van der Waals surface area contributed by atoms with E-state index in [0.29, 0.717) is 32.3 Å². The molecular formula is C14H19F3N2O. The predicted octanol–water partition coefficient (Wildman–Crippen LogP) is 2.09. The van der Waals surface area contributed by atoms with Crippen molar-refractivity contribution in [1.29, 1.82) is 0 Å². The van der Waals surface area contributed by atoms with Gasteiger partial charge in [0.25, 0.3) is 0 Å². The fraction of sp³-hybridized carbons (Fsp3) is 0.571. The van der Waals surface area contributed by atoms with Crippen LogP contribution in [0.1, 0.15) is 18.5 Å². The maximum atomic E-state index is 14.0. The van der Waals surface area contributed by atoms with Gasteiger partial charge in [0, 0.05) is 24.7 Å². The van der Waals surface area contributed by atoms with Gasteiger partial charge in [0.2, 0.25) is 0 Å². The lowest BCUT2D eigenvalue weighted by molar-refractivity contribution is -0.0697. The van der Waals surface area contributed by atoms with Crippen molar-refractivity contribution in [2.45, 2.75) is 19.1 Å². The number of hydrogen-bond donors (Lipinski definition) is 1. The summed E-state index contributed by atoms with van der Waals surface area (Å²) in [4.78, 5) is 2.02. The molecule has 3 nitrogen and oxygen atoms in total. The summed E-state index contributed by atoms with van der Waals surface area (Å²) in [6, 6.07) is 1.12. The van der Waals surface area contributed by atoms with E-state index in [1.807, 2.05) is 11.8 Å². The van der Waals surface area contributed by atoms with Gasteiger partial charge in [0.1, 0.15) is 5.82 Å². The zero-order valence-corrected chi connectivity index (χ0v) is 11.6. The van der Waals surface area contributed by atoms with E-state index >= 15 is 0 Å². The van der Waals surface area contributed by atoms with Crippen molar-refractivity contribution in [3.8, 4) is 0 Å². The molecule has 0 aromatic heterocycles. The Labute approximate surface area is 116 Å². The summed E-state index contributed by atoms with van der Waals surface area (Å²) in [5, 5.41) is 2.99. The Morgan fingerprint density at radius 3 is 2.60 bits per heavy atom. The molecule has 1 N–H and O–H groups in total. The molecule has 0 radical (unpaired) electrons. The Balaban J connectivity index is 2.40. The lowest BCUT2D eigenvalue weighted by Crippen LogP contribution is -2.48. The third-order valence-electron chi connectivity index (χ3n) is 3.63. The summed E-state index contributed by atoms with van der Waals surface area (Å²) in [6.07, 6.45) is -0.298. The molecule has 2 atom stereocenters. The second-order valence-corrected chi connectivity index (χ2v) is 4.83. The smallest absolute Gasteiger partial charge is 0.161 e. The number of likely N-dealkylation sites (N-methyl/N-ethyl adjacent to an activating group) is 2. The highest BCUT2D eigenvalue weighted by atomic mass is 19.2. The number of nitrogens with one attached hydrogen (secondary N) is 1. The molecule has 0 spiro atoms. The first kappa shape index (κ1) is 15.3. The van der Waals surface area contributed by atoms with Crippen LogP contribution >= 0.6 is 0 Å². The van der Waals surface area contributed by atoms with Crippen molar-refractivity contribution in [1.82, 2.24) is 10.2 Å². The largest absolute Gasteiger partial charge is 0.374 e. The van der Waals surface area contributed by atoms with E-state index in [-0.39, 0.29) is 11.7 Å². The lowest BCUT2D eigenvalue weighted by Gasteiger charge is -2.41. The standard InChI is InChI=1S/C14H19F3N2O/c1-3-19-4-5-20-13(8-18-2)14(19)9-6-11(16)12(17)7-10(9)15/h6-7,13-14,18H,3-5,8H2,1-2H3. The Kier molecular flexibility index (Phi) is 5.01. The molecule has 1 heterocycles. The van der Waals surface area contributed by atoms with E-state index in [4.69, 9.17) is 4.74 Å². The molecule has 0 saturated carbocycles. The molecule has 0 bridgehead atoms. The average Bonchev–Trinajstić information content (AvgIpc) is 2.43. The van der Waals surface area contributed by atoms with E-state index < -0.39 is 23.5 Å². The molecule has 1 aliphatic rings. The third-order valence-corrected chi connectivity index (χ3v) is 3.63. The van der Waals surface area contributed by atoms with E-state index in [1.165, 1.54) is 0 Å². The van der Waals surface area contributed by atoms with Crippen LogP contribution in [0.3, 0.4) is 0 Å². The van der Waals surface area contributed by atoms with Gasteiger partial charge in [-0.3, -0.25) is 4.90 Å². The maximum absolute atomic E-state index is 14.0. The van der Waals surface area contributed by atoms with Gasteiger partial charge in [-0.15, -0.1) is 0 Å². The van der Waals surface area contributed by atoms with Crippen molar-refractivity contribution < 1.29 is 17.9 Å². The molecule has 1 saturated heterocycles. The number of nitrogens with zero attached hydrogens (tertiary/aromatic N) is 1. The van der Waals surface area contributed by atoms with Gasteiger partial charge in [0.15, 0.2) is 11.6 Å². The van der Waals surface area contributed by atoms with E-state index in [9.17, 15) is 13.2 Å². The van der Waals surface area contributed by atoms with Crippen molar-refractivity contribution in [2.24, 2.45) is 0 Å². The highest BCUT2D eigenvalue weighted by Gasteiger charge is 2.34. The van der Waals surface area contributed by atoms with Crippen LogP contribution in [0.4, 0.5) is 13.2 Å². The minimum absolute atomic E-state index is 0.144. The number of halogens is 3. The average molecular weight is 288 g/mol. The maximum Gasteiger partial charge on any atom is 0.161 e. The zero-order chi connectivity index (χ0) is 14.7. The molecule has 1 aliphatic heterocycles. The van der Waals surface area contributed by atoms with Crippen LogP contribution in [0.25, 0.3) is 0 Å². The van der Waals surface area contributed by atoms with Crippen molar-refractivity contribution in [3.63, 3.8) is 0 Å². The molecule has 0 amide bonds. The fourth-order valence-corrected chi connectivity index (χ4v) is 2.67. The normalized spacial score (nSPS) is 24.1. The number of morpholine rings is 1. The van der Waals surface area contributed by atoms with E-state index in [0.717, 1.165) is 6.07 Å².